The molecular formula is C22H20O3S2. The Labute approximate surface area is 167 Å². The molecule has 5 heteroatoms. The first-order valence-electron chi connectivity index (χ1n) is 8.68. The highest BCUT2D eigenvalue weighted by Gasteiger charge is 2.26. The van der Waals surface area contributed by atoms with Gasteiger partial charge in [0, 0.05) is 11.3 Å². The van der Waals surface area contributed by atoms with Gasteiger partial charge in [-0.2, -0.15) is 0 Å². The third-order valence-corrected chi connectivity index (χ3v) is 6.68. The van der Waals surface area contributed by atoms with E-state index in [1.54, 1.807) is 30.8 Å². The standard InChI is InChI=1S/C22H20O3S2/c1-3-25-21(24)18-15(2)20(19(23)17-12-8-5-9-13-17)27-22(18)26-14-16-10-6-4-7-11-16/h4-13H,3,14H2,1-2H3. The van der Waals surface area contributed by atoms with Gasteiger partial charge >= 0.3 is 5.97 Å². The highest BCUT2D eigenvalue weighted by atomic mass is 32.2. The highest BCUT2D eigenvalue weighted by molar-refractivity contribution is 8.00. The number of ketones is 1. The van der Waals surface area contributed by atoms with E-state index in [9.17, 15) is 9.59 Å². The van der Waals surface area contributed by atoms with Crippen molar-refractivity contribution in [1.29, 1.82) is 0 Å². The fraction of sp³-hybridized carbons (Fsp3) is 0.182. The van der Waals surface area contributed by atoms with Crippen molar-refractivity contribution in [1.82, 2.24) is 0 Å². The van der Waals surface area contributed by atoms with Crippen LogP contribution in [-0.4, -0.2) is 18.4 Å². The first-order chi connectivity index (χ1) is 13.1. The quantitative estimate of drug-likeness (QED) is 0.289. The lowest BCUT2D eigenvalue weighted by atomic mass is 10.1. The molecule has 0 N–H and O–H groups in total. The molecule has 0 aliphatic carbocycles. The molecule has 0 amide bonds. The molecule has 3 aromatic rings. The zero-order valence-corrected chi connectivity index (χ0v) is 16.9. The average Bonchev–Trinajstić information content (AvgIpc) is 3.03. The van der Waals surface area contributed by atoms with Gasteiger partial charge in [0.25, 0.3) is 0 Å². The van der Waals surface area contributed by atoms with E-state index in [0.29, 0.717) is 28.2 Å². The molecule has 0 spiro atoms. The SMILES string of the molecule is CCOC(=O)c1c(SCc2ccccc2)sc(C(=O)c2ccccc2)c1C. The summed E-state index contributed by atoms with van der Waals surface area (Å²) >= 11 is 2.94. The summed E-state index contributed by atoms with van der Waals surface area (Å²) in [6, 6.07) is 19.2. The largest absolute Gasteiger partial charge is 0.462 e. The molecule has 1 aromatic heterocycles. The third kappa shape index (κ3) is 4.49. The Kier molecular flexibility index (Phi) is 6.48. The molecule has 2 aromatic carbocycles. The first-order valence-corrected chi connectivity index (χ1v) is 10.5. The van der Waals surface area contributed by atoms with E-state index >= 15 is 0 Å². The van der Waals surface area contributed by atoms with Gasteiger partial charge in [0.15, 0.2) is 0 Å². The monoisotopic (exact) mass is 396 g/mol. The van der Waals surface area contributed by atoms with Crippen molar-refractivity contribution in [2.45, 2.75) is 23.8 Å². The second-order valence-corrected chi connectivity index (χ2v) is 8.17. The van der Waals surface area contributed by atoms with Gasteiger partial charge in [0.05, 0.1) is 21.3 Å². The molecule has 0 unspecified atom stereocenters. The van der Waals surface area contributed by atoms with Gasteiger partial charge in [-0.15, -0.1) is 23.1 Å². The molecule has 0 saturated carbocycles. The fourth-order valence-corrected chi connectivity index (χ4v) is 5.21. The molecular weight excluding hydrogens is 376 g/mol. The van der Waals surface area contributed by atoms with Gasteiger partial charge in [-0.3, -0.25) is 4.79 Å². The van der Waals surface area contributed by atoms with E-state index < -0.39 is 0 Å². The van der Waals surface area contributed by atoms with Crippen LogP contribution < -0.4 is 0 Å². The average molecular weight is 397 g/mol. The van der Waals surface area contributed by atoms with Gasteiger partial charge < -0.3 is 4.74 Å². The van der Waals surface area contributed by atoms with Gasteiger partial charge in [-0.25, -0.2) is 4.79 Å². The van der Waals surface area contributed by atoms with Crippen LogP contribution >= 0.6 is 23.1 Å². The van der Waals surface area contributed by atoms with Crippen molar-refractivity contribution >= 4 is 34.9 Å². The van der Waals surface area contributed by atoms with Crippen molar-refractivity contribution in [2.75, 3.05) is 6.61 Å². The normalized spacial score (nSPS) is 10.6. The van der Waals surface area contributed by atoms with Crippen molar-refractivity contribution in [3.8, 4) is 0 Å². The molecule has 0 aliphatic heterocycles. The molecule has 3 rings (SSSR count). The Morgan fingerprint density at radius 2 is 1.63 bits per heavy atom. The molecule has 0 fully saturated rings. The minimum absolute atomic E-state index is 0.0600. The summed E-state index contributed by atoms with van der Waals surface area (Å²) in [7, 11) is 0. The Morgan fingerprint density at radius 1 is 1.00 bits per heavy atom. The van der Waals surface area contributed by atoms with Crippen LogP contribution in [0.4, 0.5) is 0 Å². The maximum atomic E-state index is 12.9. The van der Waals surface area contributed by atoms with E-state index in [-0.39, 0.29) is 11.8 Å². The van der Waals surface area contributed by atoms with Crippen LogP contribution in [0.15, 0.2) is 64.9 Å². The number of thioether (sulfide) groups is 1. The molecule has 1 heterocycles. The summed E-state index contributed by atoms with van der Waals surface area (Å²) in [5.41, 5.74) is 3.00. The fourth-order valence-electron chi connectivity index (χ4n) is 2.69. The lowest BCUT2D eigenvalue weighted by molar-refractivity contribution is 0.0522. The summed E-state index contributed by atoms with van der Waals surface area (Å²) in [5, 5.41) is 0. The van der Waals surface area contributed by atoms with Crippen molar-refractivity contribution in [2.24, 2.45) is 0 Å². The molecule has 0 radical (unpaired) electrons. The molecule has 0 bridgehead atoms. The number of benzene rings is 2. The van der Waals surface area contributed by atoms with Crippen LogP contribution in [0.1, 0.15) is 43.6 Å². The third-order valence-electron chi connectivity index (χ3n) is 4.05. The zero-order valence-electron chi connectivity index (χ0n) is 15.2. The Balaban J connectivity index is 1.95. The van der Waals surface area contributed by atoms with E-state index in [4.69, 9.17) is 4.74 Å². The minimum atomic E-state index is -0.367. The second-order valence-electron chi connectivity index (χ2n) is 5.91. The molecule has 0 atom stereocenters. The number of carbonyl (C=O) groups excluding carboxylic acids is 2. The van der Waals surface area contributed by atoms with Gasteiger partial charge in [-0.05, 0) is 25.0 Å². The van der Waals surface area contributed by atoms with Crippen LogP contribution in [0, 0.1) is 6.92 Å². The summed E-state index contributed by atoms with van der Waals surface area (Å²) in [4.78, 5) is 26.1. The number of rotatable bonds is 7. The molecule has 0 aliphatic rings. The Bertz CT molecular complexity index is 931. The first kappa shape index (κ1) is 19.4. The Hall–Kier alpha value is -2.37. The maximum absolute atomic E-state index is 12.9. The predicted octanol–water partition coefficient (Wildman–Crippen LogP) is 5.76. The van der Waals surface area contributed by atoms with Gasteiger partial charge in [0.2, 0.25) is 5.78 Å². The van der Waals surface area contributed by atoms with Crippen LogP contribution in [-0.2, 0) is 10.5 Å². The predicted molar refractivity (Wildman–Crippen MR) is 111 cm³/mol. The number of esters is 1. The van der Waals surface area contributed by atoms with E-state index in [1.165, 1.54) is 16.9 Å². The highest BCUT2D eigenvalue weighted by Crippen LogP contribution is 2.39. The summed E-state index contributed by atoms with van der Waals surface area (Å²) in [5.74, 6) is 0.302. The minimum Gasteiger partial charge on any atom is -0.462 e. The lowest BCUT2D eigenvalue weighted by Gasteiger charge is -2.05. The van der Waals surface area contributed by atoms with Gasteiger partial charge in [-0.1, -0.05) is 60.7 Å². The zero-order chi connectivity index (χ0) is 19.2. The van der Waals surface area contributed by atoms with E-state index in [0.717, 1.165) is 9.96 Å². The van der Waals surface area contributed by atoms with Crippen LogP contribution in [0.2, 0.25) is 0 Å². The second kappa shape index (κ2) is 9.02. The Morgan fingerprint density at radius 3 is 2.26 bits per heavy atom. The number of hydrogen-bond donors (Lipinski definition) is 0. The number of ether oxygens (including phenoxy) is 1. The number of carbonyl (C=O) groups is 2. The lowest BCUT2D eigenvalue weighted by Crippen LogP contribution is -2.07. The summed E-state index contributed by atoms with van der Waals surface area (Å²) < 4.78 is 6.07. The molecule has 3 nitrogen and oxygen atoms in total. The maximum Gasteiger partial charge on any atom is 0.340 e. The summed E-state index contributed by atoms with van der Waals surface area (Å²) in [6.07, 6.45) is 0. The van der Waals surface area contributed by atoms with Crippen LogP contribution in [0.3, 0.4) is 0 Å². The van der Waals surface area contributed by atoms with Crippen LogP contribution in [0.25, 0.3) is 0 Å². The van der Waals surface area contributed by atoms with Crippen molar-refractivity contribution < 1.29 is 14.3 Å². The van der Waals surface area contributed by atoms with E-state index in [1.807, 2.05) is 55.5 Å². The number of hydrogen-bond acceptors (Lipinski definition) is 5. The summed E-state index contributed by atoms with van der Waals surface area (Å²) in [6.45, 7) is 3.91. The smallest absolute Gasteiger partial charge is 0.340 e. The van der Waals surface area contributed by atoms with Crippen molar-refractivity contribution in [3.63, 3.8) is 0 Å². The van der Waals surface area contributed by atoms with Gasteiger partial charge in [0.1, 0.15) is 0 Å². The number of thiophene rings is 1. The van der Waals surface area contributed by atoms with Crippen LogP contribution in [0.5, 0.6) is 0 Å². The molecule has 138 valence electrons. The molecule has 0 saturated heterocycles. The van der Waals surface area contributed by atoms with E-state index in [2.05, 4.69) is 0 Å². The van der Waals surface area contributed by atoms with Crippen molar-refractivity contribution in [3.05, 3.63) is 87.8 Å². The molecule has 27 heavy (non-hydrogen) atoms. The topological polar surface area (TPSA) is 43.4 Å².